The summed E-state index contributed by atoms with van der Waals surface area (Å²) in [5.41, 5.74) is 2.08. The van der Waals surface area contributed by atoms with E-state index in [2.05, 4.69) is 25.5 Å². The minimum Gasteiger partial charge on any atom is -0.341 e. The minimum atomic E-state index is -0.418. The number of carbonyl (C=O) groups is 1. The maximum atomic E-state index is 14.7. The number of piperidine rings is 1. The summed E-state index contributed by atoms with van der Waals surface area (Å²) in [7, 11) is 0. The van der Waals surface area contributed by atoms with Gasteiger partial charge in [-0.15, -0.1) is 0 Å². The summed E-state index contributed by atoms with van der Waals surface area (Å²) in [6.07, 6.45) is 5.63. The van der Waals surface area contributed by atoms with Gasteiger partial charge in [-0.1, -0.05) is 6.07 Å². The summed E-state index contributed by atoms with van der Waals surface area (Å²) in [5.74, 6) is -0.199. The zero-order valence-electron chi connectivity index (χ0n) is 14.6. The average molecular weight is 355 g/mol. The highest BCUT2D eigenvalue weighted by molar-refractivity contribution is 6.03. The van der Waals surface area contributed by atoms with Gasteiger partial charge in [0.2, 0.25) is 5.95 Å². The molecular formula is C19H22FN5O. The molecule has 2 N–H and O–H groups in total. The maximum absolute atomic E-state index is 14.7. The molecule has 0 radical (unpaired) electrons. The standard InChI is InChI=1S/C19H22FN5O/c20-17-14-6-8-21-12-13(14)4-5-15(17)23-18(26)16-7-9-22-19(24-16)25-10-2-1-3-11-25/h4-5,7,9,21H,1-3,6,8,10-12H2,(H,23,26). The normalized spacial score (nSPS) is 16.9. The molecule has 4 rings (SSSR count). The topological polar surface area (TPSA) is 70.2 Å². The van der Waals surface area contributed by atoms with Gasteiger partial charge in [-0.05, 0) is 55.5 Å². The van der Waals surface area contributed by atoms with Gasteiger partial charge in [-0.25, -0.2) is 14.4 Å². The molecule has 1 amide bonds. The largest absolute Gasteiger partial charge is 0.341 e. The van der Waals surface area contributed by atoms with Crippen LogP contribution in [0.4, 0.5) is 16.0 Å². The second-order valence-electron chi connectivity index (χ2n) is 6.74. The minimum absolute atomic E-state index is 0.203. The third-order valence-corrected chi connectivity index (χ3v) is 4.97. The zero-order chi connectivity index (χ0) is 17.9. The van der Waals surface area contributed by atoms with Crippen LogP contribution in [0, 0.1) is 5.82 Å². The van der Waals surface area contributed by atoms with Crippen LogP contribution in [0.3, 0.4) is 0 Å². The highest BCUT2D eigenvalue weighted by Crippen LogP contribution is 2.25. The highest BCUT2D eigenvalue weighted by Gasteiger charge is 2.20. The molecule has 0 unspecified atom stereocenters. The van der Waals surface area contributed by atoms with Gasteiger partial charge >= 0.3 is 0 Å². The van der Waals surface area contributed by atoms with Gasteiger partial charge in [0.05, 0.1) is 5.69 Å². The van der Waals surface area contributed by atoms with E-state index in [1.807, 2.05) is 6.07 Å². The second-order valence-corrected chi connectivity index (χ2v) is 6.74. The number of amides is 1. The fourth-order valence-electron chi connectivity index (χ4n) is 3.54. The van der Waals surface area contributed by atoms with Gasteiger partial charge in [0.25, 0.3) is 5.91 Å². The first kappa shape index (κ1) is 16.9. The first-order valence-electron chi connectivity index (χ1n) is 9.13. The Bertz CT molecular complexity index is 820. The number of hydrogen-bond donors (Lipinski definition) is 2. The van der Waals surface area contributed by atoms with Gasteiger partial charge in [-0.2, -0.15) is 0 Å². The van der Waals surface area contributed by atoms with E-state index in [1.165, 1.54) is 6.42 Å². The quantitative estimate of drug-likeness (QED) is 0.885. The first-order valence-corrected chi connectivity index (χ1v) is 9.13. The molecule has 2 aromatic rings. The summed E-state index contributed by atoms with van der Waals surface area (Å²) < 4.78 is 14.7. The number of aromatic nitrogens is 2. The molecule has 0 spiro atoms. The number of fused-ring (bicyclic) bond motifs is 1. The first-order chi connectivity index (χ1) is 12.7. The molecule has 2 aliphatic heterocycles. The van der Waals surface area contributed by atoms with E-state index < -0.39 is 5.91 Å². The van der Waals surface area contributed by atoms with E-state index in [4.69, 9.17) is 0 Å². The van der Waals surface area contributed by atoms with Crippen molar-refractivity contribution in [3.63, 3.8) is 0 Å². The van der Waals surface area contributed by atoms with Crippen molar-refractivity contribution >= 4 is 17.5 Å². The van der Waals surface area contributed by atoms with Crippen LogP contribution >= 0.6 is 0 Å². The molecule has 1 saturated heterocycles. The van der Waals surface area contributed by atoms with E-state index in [0.717, 1.165) is 38.0 Å². The van der Waals surface area contributed by atoms with Crippen LogP contribution < -0.4 is 15.5 Å². The molecule has 136 valence electrons. The Hall–Kier alpha value is -2.54. The second kappa shape index (κ2) is 7.37. The number of hydrogen-bond acceptors (Lipinski definition) is 5. The van der Waals surface area contributed by atoms with Crippen LogP contribution in [-0.4, -0.2) is 35.5 Å². The molecule has 7 heteroatoms. The number of rotatable bonds is 3. The Morgan fingerprint density at radius 2 is 2.04 bits per heavy atom. The number of nitrogens with zero attached hydrogens (tertiary/aromatic N) is 3. The van der Waals surface area contributed by atoms with Gasteiger partial charge in [-0.3, -0.25) is 4.79 Å². The summed E-state index contributed by atoms with van der Waals surface area (Å²) >= 11 is 0. The van der Waals surface area contributed by atoms with Crippen molar-refractivity contribution in [1.29, 1.82) is 0 Å². The number of anilines is 2. The molecule has 3 heterocycles. The predicted octanol–water partition coefficient (Wildman–Crippen LogP) is 2.50. The Morgan fingerprint density at radius 3 is 2.88 bits per heavy atom. The summed E-state index contributed by atoms with van der Waals surface area (Å²) in [6.45, 7) is 3.20. The van der Waals surface area contributed by atoms with Crippen molar-refractivity contribution in [3.05, 3.63) is 47.0 Å². The van der Waals surface area contributed by atoms with Gasteiger partial charge in [0, 0.05) is 25.8 Å². The van der Waals surface area contributed by atoms with Gasteiger partial charge in [0.15, 0.2) is 0 Å². The third-order valence-electron chi connectivity index (χ3n) is 4.97. The number of carbonyl (C=O) groups excluding carboxylic acids is 1. The molecule has 2 aliphatic rings. The molecule has 6 nitrogen and oxygen atoms in total. The van der Waals surface area contributed by atoms with E-state index in [-0.39, 0.29) is 17.2 Å². The van der Waals surface area contributed by atoms with Crippen LogP contribution in [0.15, 0.2) is 24.4 Å². The number of nitrogens with one attached hydrogen (secondary N) is 2. The smallest absolute Gasteiger partial charge is 0.274 e. The molecule has 0 saturated carbocycles. The van der Waals surface area contributed by atoms with Crippen LogP contribution in [-0.2, 0) is 13.0 Å². The van der Waals surface area contributed by atoms with Crippen LogP contribution in [0.1, 0.15) is 40.9 Å². The summed E-state index contributed by atoms with van der Waals surface area (Å²) in [5, 5.41) is 5.88. The fraction of sp³-hybridized carbons (Fsp3) is 0.421. The molecule has 0 aliphatic carbocycles. The third kappa shape index (κ3) is 3.39. The lowest BCUT2D eigenvalue weighted by Gasteiger charge is -2.26. The van der Waals surface area contributed by atoms with E-state index in [0.29, 0.717) is 24.5 Å². The fourth-order valence-corrected chi connectivity index (χ4v) is 3.54. The van der Waals surface area contributed by atoms with Gasteiger partial charge < -0.3 is 15.5 Å². The lowest BCUT2D eigenvalue weighted by Crippen LogP contribution is -2.31. The molecule has 1 fully saturated rings. The molecule has 0 bridgehead atoms. The molecule has 0 atom stereocenters. The van der Waals surface area contributed by atoms with Crippen LogP contribution in [0.2, 0.25) is 0 Å². The van der Waals surface area contributed by atoms with E-state index >= 15 is 0 Å². The highest BCUT2D eigenvalue weighted by atomic mass is 19.1. The van der Waals surface area contributed by atoms with E-state index in [1.54, 1.807) is 18.3 Å². The summed E-state index contributed by atoms with van der Waals surface area (Å²) in [6, 6.07) is 5.04. The Labute approximate surface area is 151 Å². The molecule has 26 heavy (non-hydrogen) atoms. The Kier molecular flexibility index (Phi) is 4.79. The number of halogens is 1. The lowest BCUT2D eigenvalue weighted by molar-refractivity contribution is 0.102. The summed E-state index contributed by atoms with van der Waals surface area (Å²) in [4.78, 5) is 23.3. The van der Waals surface area contributed by atoms with Crippen LogP contribution in [0.5, 0.6) is 0 Å². The molecule has 1 aromatic carbocycles. The van der Waals surface area contributed by atoms with Gasteiger partial charge in [0.1, 0.15) is 11.5 Å². The predicted molar refractivity (Wildman–Crippen MR) is 97.9 cm³/mol. The maximum Gasteiger partial charge on any atom is 0.274 e. The van der Waals surface area contributed by atoms with Crippen molar-refractivity contribution in [3.8, 4) is 0 Å². The molecule has 1 aromatic heterocycles. The Balaban J connectivity index is 1.53. The lowest BCUT2D eigenvalue weighted by atomic mass is 9.99. The molecular weight excluding hydrogens is 333 g/mol. The average Bonchev–Trinajstić information content (AvgIpc) is 2.71. The van der Waals surface area contributed by atoms with Crippen molar-refractivity contribution in [2.24, 2.45) is 0 Å². The monoisotopic (exact) mass is 355 g/mol. The van der Waals surface area contributed by atoms with E-state index in [9.17, 15) is 9.18 Å². The van der Waals surface area contributed by atoms with Crippen molar-refractivity contribution in [2.75, 3.05) is 29.9 Å². The van der Waals surface area contributed by atoms with Crippen LogP contribution in [0.25, 0.3) is 0 Å². The number of benzene rings is 1. The SMILES string of the molecule is O=C(Nc1ccc2c(c1F)CCNC2)c1ccnc(N2CCCCC2)n1. The zero-order valence-corrected chi connectivity index (χ0v) is 14.6. The van der Waals surface area contributed by atoms with Crippen molar-refractivity contribution < 1.29 is 9.18 Å². The van der Waals surface area contributed by atoms with Crippen molar-refractivity contribution in [2.45, 2.75) is 32.2 Å². The Morgan fingerprint density at radius 1 is 1.19 bits per heavy atom. The van der Waals surface area contributed by atoms with Crippen molar-refractivity contribution in [1.82, 2.24) is 15.3 Å².